The molecule has 0 radical (unpaired) electrons. The van der Waals surface area contributed by atoms with Gasteiger partial charge < -0.3 is 9.47 Å². The monoisotopic (exact) mass is 481 g/mol. The number of carbonyl (C=O) groups is 3. The maximum absolute atomic E-state index is 14.0. The number of benzene rings is 3. The molecule has 0 N–H and O–H groups in total. The number of Topliss-reactive ketones (excluding diaryl/α,β-unsaturated/α-hetero) is 1. The van der Waals surface area contributed by atoms with Crippen LogP contribution in [0, 0.1) is 11.8 Å². The van der Waals surface area contributed by atoms with Crippen molar-refractivity contribution in [3.8, 4) is 11.5 Å². The summed E-state index contributed by atoms with van der Waals surface area (Å²) in [5.74, 6) is -1.75. The van der Waals surface area contributed by atoms with Gasteiger partial charge in [-0.2, -0.15) is 5.10 Å². The Balaban J connectivity index is 1.49. The van der Waals surface area contributed by atoms with Crippen molar-refractivity contribution >= 4 is 29.5 Å². The summed E-state index contributed by atoms with van der Waals surface area (Å²) in [5.41, 5.74) is 2.60. The van der Waals surface area contributed by atoms with Crippen molar-refractivity contribution in [3.63, 3.8) is 0 Å². The van der Waals surface area contributed by atoms with Crippen molar-refractivity contribution in [2.45, 2.75) is 12.1 Å². The predicted octanol–water partition coefficient (Wildman–Crippen LogP) is 3.47. The minimum Gasteiger partial charge on any atom is -0.493 e. The molecule has 2 fully saturated rings. The number of anilines is 1. The van der Waals surface area contributed by atoms with E-state index in [-0.39, 0.29) is 11.7 Å². The van der Waals surface area contributed by atoms with Crippen LogP contribution in [0.25, 0.3) is 0 Å². The van der Waals surface area contributed by atoms with E-state index in [9.17, 15) is 14.4 Å². The highest BCUT2D eigenvalue weighted by Gasteiger charge is 2.65. The van der Waals surface area contributed by atoms with Crippen molar-refractivity contribution in [2.24, 2.45) is 16.9 Å². The molecule has 8 heteroatoms. The Labute approximate surface area is 207 Å². The van der Waals surface area contributed by atoms with E-state index in [1.165, 1.54) is 19.1 Å². The van der Waals surface area contributed by atoms with Crippen LogP contribution in [0.5, 0.6) is 11.5 Å². The number of ketones is 1. The molecule has 180 valence electrons. The number of nitrogens with zero attached hydrogens (tertiary/aromatic N) is 3. The van der Waals surface area contributed by atoms with Gasteiger partial charge in [-0.15, -0.1) is 0 Å². The number of hydrogen-bond donors (Lipinski definition) is 0. The van der Waals surface area contributed by atoms with Gasteiger partial charge in [0.15, 0.2) is 17.3 Å². The zero-order valence-electron chi connectivity index (χ0n) is 19.7. The van der Waals surface area contributed by atoms with Crippen LogP contribution in [0.2, 0.25) is 0 Å². The molecule has 3 aliphatic heterocycles. The van der Waals surface area contributed by atoms with E-state index >= 15 is 0 Å². The first-order chi connectivity index (χ1) is 17.5. The zero-order chi connectivity index (χ0) is 25.0. The van der Waals surface area contributed by atoms with Crippen LogP contribution in [0.4, 0.5) is 5.69 Å². The molecule has 6 rings (SSSR count). The van der Waals surface area contributed by atoms with E-state index in [0.717, 1.165) is 11.1 Å². The lowest BCUT2D eigenvalue weighted by atomic mass is 9.83. The molecule has 3 heterocycles. The normalized spacial score (nSPS) is 23.8. The van der Waals surface area contributed by atoms with Crippen molar-refractivity contribution in [3.05, 3.63) is 89.5 Å². The highest BCUT2D eigenvalue weighted by molar-refractivity contribution is 6.24. The summed E-state index contributed by atoms with van der Waals surface area (Å²) in [6.07, 6.45) is 1.69. The molecular weight excluding hydrogens is 458 g/mol. The second-order valence-corrected chi connectivity index (χ2v) is 8.98. The topological polar surface area (TPSA) is 88.5 Å². The van der Waals surface area contributed by atoms with Crippen LogP contribution in [0.3, 0.4) is 0 Å². The summed E-state index contributed by atoms with van der Waals surface area (Å²) in [6.45, 7) is 0. The van der Waals surface area contributed by atoms with Gasteiger partial charge in [0, 0.05) is 5.56 Å². The number of rotatable bonds is 5. The maximum Gasteiger partial charge on any atom is 0.240 e. The van der Waals surface area contributed by atoms with Crippen molar-refractivity contribution in [1.82, 2.24) is 5.01 Å². The van der Waals surface area contributed by atoms with Crippen LogP contribution >= 0.6 is 0 Å². The highest BCUT2D eigenvalue weighted by Crippen LogP contribution is 2.53. The number of fused-ring (bicyclic) bond motifs is 5. The summed E-state index contributed by atoms with van der Waals surface area (Å²) >= 11 is 0. The molecule has 3 aromatic rings. The molecular formula is C28H23N3O5. The first-order valence-corrected chi connectivity index (χ1v) is 11.7. The number of amides is 2. The Morgan fingerprint density at radius 1 is 0.833 bits per heavy atom. The zero-order valence-corrected chi connectivity index (χ0v) is 19.7. The second kappa shape index (κ2) is 8.34. The Bertz CT molecular complexity index is 1420. The molecule has 3 aromatic carbocycles. The van der Waals surface area contributed by atoms with Crippen molar-refractivity contribution in [1.29, 1.82) is 0 Å². The average Bonchev–Trinajstić information content (AvgIpc) is 3.40. The maximum atomic E-state index is 14.0. The minimum atomic E-state index is -0.951. The van der Waals surface area contributed by atoms with Gasteiger partial charge >= 0.3 is 0 Å². The Morgan fingerprint density at radius 2 is 1.53 bits per heavy atom. The molecule has 4 unspecified atom stereocenters. The van der Waals surface area contributed by atoms with Crippen LogP contribution in [0.15, 0.2) is 77.9 Å². The molecule has 0 bridgehead atoms. The van der Waals surface area contributed by atoms with E-state index in [1.807, 2.05) is 30.3 Å². The van der Waals surface area contributed by atoms with Crippen molar-refractivity contribution < 1.29 is 23.9 Å². The summed E-state index contributed by atoms with van der Waals surface area (Å²) in [6, 6.07) is 19.9. The number of hydrazone groups is 1. The average molecular weight is 482 g/mol. The second-order valence-electron chi connectivity index (χ2n) is 8.98. The molecule has 0 spiro atoms. The Hall–Kier alpha value is -4.46. The number of methoxy groups -OCH3 is 2. The molecule has 4 atom stereocenters. The number of imide groups is 1. The molecule has 8 nitrogen and oxygen atoms in total. The molecule has 2 amide bonds. The molecule has 0 aromatic heterocycles. The van der Waals surface area contributed by atoms with Crippen LogP contribution in [-0.4, -0.2) is 49.1 Å². The lowest BCUT2D eigenvalue weighted by molar-refractivity contribution is -0.124. The van der Waals surface area contributed by atoms with Gasteiger partial charge in [0.25, 0.3) is 0 Å². The quantitative estimate of drug-likeness (QED) is 0.410. The van der Waals surface area contributed by atoms with Gasteiger partial charge in [-0.3, -0.25) is 19.4 Å². The summed E-state index contributed by atoms with van der Waals surface area (Å²) in [5, 5.41) is 6.24. The first-order valence-electron chi connectivity index (χ1n) is 11.7. The minimum absolute atomic E-state index is 0.305. The predicted molar refractivity (Wildman–Crippen MR) is 132 cm³/mol. The fraction of sp³-hybridized carbons (Fsp3) is 0.214. The fourth-order valence-electron chi connectivity index (χ4n) is 5.66. The SMILES string of the molecule is COc1ccc(C(=O)C2C3C(=O)N(c4ccccc4)C(=O)C3C3c4ccccc4C=NN23)cc1OC. The number of ether oxygens (including phenoxy) is 2. The van der Waals surface area contributed by atoms with Gasteiger partial charge in [0.1, 0.15) is 6.04 Å². The van der Waals surface area contributed by atoms with Crippen LogP contribution in [-0.2, 0) is 9.59 Å². The Kier molecular flexibility index (Phi) is 5.10. The number of carbonyl (C=O) groups excluding carboxylic acids is 3. The van der Waals surface area contributed by atoms with E-state index in [4.69, 9.17) is 9.47 Å². The molecule has 36 heavy (non-hydrogen) atoms. The van der Waals surface area contributed by atoms with Gasteiger partial charge in [0.05, 0.1) is 44.0 Å². The smallest absolute Gasteiger partial charge is 0.240 e. The third kappa shape index (κ3) is 3.07. The van der Waals surface area contributed by atoms with Gasteiger partial charge in [-0.1, -0.05) is 42.5 Å². The molecule has 0 saturated carbocycles. The van der Waals surface area contributed by atoms with Crippen LogP contribution in [0.1, 0.15) is 27.5 Å². The van der Waals surface area contributed by atoms with Crippen LogP contribution < -0.4 is 14.4 Å². The Morgan fingerprint density at radius 3 is 2.28 bits per heavy atom. The fourth-order valence-corrected chi connectivity index (χ4v) is 5.66. The lowest BCUT2D eigenvalue weighted by Gasteiger charge is -2.33. The van der Waals surface area contributed by atoms with Gasteiger partial charge in [0.2, 0.25) is 11.8 Å². The standard InChI is InChI=1S/C28H23N3O5/c1-35-20-13-12-16(14-21(20)36-2)26(32)25-23-22(24-19-11-7-6-8-17(19)15-29-31(24)25)27(33)30(28(23)34)18-9-4-3-5-10-18/h3-15,22-25H,1-2H3. The number of para-hydroxylation sites is 1. The molecule has 0 aliphatic carbocycles. The number of hydrogen-bond acceptors (Lipinski definition) is 7. The third-order valence-corrected chi connectivity index (χ3v) is 7.24. The van der Waals surface area contributed by atoms with E-state index in [2.05, 4.69) is 5.10 Å². The van der Waals surface area contributed by atoms with E-state index in [0.29, 0.717) is 22.7 Å². The van der Waals surface area contributed by atoms with E-state index < -0.39 is 29.8 Å². The third-order valence-electron chi connectivity index (χ3n) is 7.24. The molecule has 3 aliphatic rings. The largest absolute Gasteiger partial charge is 0.493 e. The molecule has 2 saturated heterocycles. The first kappa shape index (κ1) is 22.0. The van der Waals surface area contributed by atoms with Gasteiger partial charge in [-0.05, 0) is 41.5 Å². The highest BCUT2D eigenvalue weighted by atomic mass is 16.5. The summed E-state index contributed by atoms with van der Waals surface area (Å²) in [4.78, 5) is 42.9. The summed E-state index contributed by atoms with van der Waals surface area (Å²) in [7, 11) is 3.02. The van der Waals surface area contributed by atoms with Gasteiger partial charge in [-0.25, -0.2) is 4.90 Å². The van der Waals surface area contributed by atoms with E-state index in [1.54, 1.807) is 53.7 Å². The summed E-state index contributed by atoms with van der Waals surface area (Å²) < 4.78 is 10.7. The van der Waals surface area contributed by atoms with Crippen molar-refractivity contribution in [2.75, 3.05) is 19.1 Å². The lowest BCUT2D eigenvalue weighted by Crippen LogP contribution is -2.44.